The van der Waals surface area contributed by atoms with Gasteiger partial charge in [0.25, 0.3) is 0 Å². The molecule has 2 fully saturated rings. The molecule has 2 aliphatic rings. The van der Waals surface area contributed by atoms with E-state index in [1.165, 1.54) is 0 Å². The van der Waals surface area contributed by atoms with Crippen LogP contribution in [0.15, 0.2) is 109 Å². The molecule has 12 nitrogen and oxygen atoms in total. The lowest BCUT2D eigenvalue weighted by molar-refractivity contribution is 0.152. The molecule has 12 heteroatoms. The van der Waals surface area contributed by atoms with Crippen LogP contribution < -0.4 is 9.47 Å². The second-order valence-corrected chi connectivity index (χ2v) is 11.4. The number of benzene rings is 4. The monoisotopic (exact) mass is 670 g/mol. The highest BCUT2D eigenvalue weighted by atomic mass is 16.6. The van der Waals surface area contributed by atoms with Crippen LogP contribution in [-0.4, -0.2) is 94.5 Å². The van der Waals surface area contributed by atoms with Crippen LogP contribution in [0.25, 0.3) is 44.6 Å². The summed E-state index contributed by atoms with van der Waals surface area (Å²) in [7, 11) is 0. The zero-order valence-electron chi connectivity index (χ0n) is 27.2. The third-order valence-corrected chi connectivity index (χ3v) is 8.06. The van der Waals surface area contributed by atoms with Crippen molar-refractivity contribution in [3.63, 3.8) is 0 Å². The molecule has 0 radical (unpaired) electrons. The van der Waals surface area contributed by atoms with Crippen LogP contribution in [0.3, 0.4) is 0 Å². The molecular formula is C38H34N6O6. The molecule has 0 spiro atoms. The Morgan fingerprint density at radius 2 is 0.860 bits per heavy atom. The average Bonchev–Trinajstić information content (AvgIpc) is 3.78. The van der Waals surface area contributed by atoms with Crippen molar-refractivity contribution < 1.29 is 28.5 Å². The van der Waals surface area contributed by atoms with Crippen LogP contribution in [0.4, 0.5) is 9.59 Å². The van der Waals surface area contributed by atoms with E-state index in [2.05, 4.69) is 9.97 Å². The second kappa shape index (κ2) is 15.3. The van der Waals surface area contributed by atoms with E-state index in [1.54, 1.807) is 9.80 Å². The SMILES string of the molecule is O=C1OCCN1CCOc1nc2ccccc2nc1-c1ccccc1.O=C1OCCN1CCOc1nc2ccccc2nc1-c1ccccc1. The second-order valence-electron chi connectivity index (χ2n) is 11.4. The molecule has 2 saturated heterocycles. The Morgan fingerprint density at radius 3 is 1.22 bits per heavy atom. The van der Waals surface area contributed by atoms with Crippen molar-refractivity contribution in [2.24, 2.45) is 0 Å². The molecule has 4 heterocycles. The topological polar surface area (TPSA) is 129 Å². The quantitative estimate of drug-likeness (QED) is 0.165. The van der Waals surface area contributed by atoms with Crippen LogP contribution in [-0.2, 0) is 9.47 Å². The van der Waals surface area contributed by atoms with E-state index in [1.807, 2.05) is 109 Å². The first-order valence-electron chi connectivity index (χ1n) is 16.4. The van der Waals surface area contributed by atoms with Gasteiger partial charge in [0.2, 0.25) is 11.8 Å². The average molecular weight is 671 g/mol. The van der Waals surface area contributed by atoms with Gasteiger partial charge in [-0.2, -0.15) is 0 Å². The molecule has 252 valence electrons. The normalized spacial score (nSPS) is 13.9. The van der Waals surface area contributed by atoms with Crippen molar-refractivity contribution in [1.29, 1.82) is 0 Å². The Labute approximate surface area is 288 Å². The zero-order chi connectivity index (χ0) is 34.1. The Hall–Kier alpha value is -6.30. The Morgan fingerprint density at radius 1 is 0.500 bits per heavy atom. The summed E-state index contributed by atoms with van der Waals surface area (Å²) in [5.74, 6) is 0.940. The standard InChI is InChI=1S/2C19H17N3O3/c2*23-19-22(11-13-25-19)10-12-24-18-17(14-6-2-1-3-7-14)20-15-8-4-5-9-16(15)21-18/h2*1-9H,10-13H2. The summed E-state index contributed by atoms with van der Waals surface area (Å²) in [5.41, 5.74) is 6.46. The molecular weight excluding hydrogens is 636 g/mol. The van der Waals surface area contributed by atoms with Crippen molar-refractivity contribution in [1.82, 2.24) is 29.7 Å². The molecule has 0 N–H and O–H groups in total. The number of nitrogens with zero attached hydrogens (tertiary/aromatic N) is 6. The summed E-state index contributed by atoms with van der Waals surface area (Å²) in [6.45, 7) is 3.65. The van der Waals surface area contributed by atoms with Crippen LogP contribution >= 0.6 is 0 Å². The van der Waals surface area contributed by atoms with E-state index >= 15 is 0 Å². The number of fused-ring (bicyclic) bond motifs is 2. The largest absolute Gasteiger partial charge is 0.474 e. The van der Waals surface area contributed by atoms with Gasteiger partial charge in [0.05, 0.1) is 48.2 Å². The van der Waals surface area contributed by atoms with Gasteiger partial charge in [-0.15, -0.1) is 0 Å². The first kappa shape index (κ1) is 32.3. The van der Waals surface area contributed by atoms with Gasteiger partial charge in [-0.3, -0.25) is 0 Å². The molecule has 2 aliphatic heterocycles. The van der Waals surface area contributed by atoms with Gasteiger partial charge in [0.1, 0.15) is 37.8 Å². The van der Waals surface area contributed by atoms with Crippen molar-refractivity contribution in [2.45, 2.75) is 0 Å². The number of ether oxygens (including phenoxy) is 4. The maximum absolute atomic E-state index is 11.5. The van der Waals surface area contributed by atoms with Gasteiger partial charge in [-0.1, -0.05) is 84.9 Å². The molecule has 2 aromatic heterocycles. The van der Waals surface area contributed by atoms with Crippen molar-refractivity contribution in [3.05, 3.63) is 109 Å². The van der Waals surface area contributed by atoms with E-state index in [0.29, 0.717) is 75.8 Å². The number of hydrogen-bond donors (Lipinski definition) is 0. The fourth-order valence-electron chi connectivity index (χ4n) is 5.50. The predicted octanol–water partition coefficient (Wildman–Crippen LogP) is 6.26. The minimum atomic E-state index is -0.295. The van der Waals surface area contributed by atoms with Crippen molar-refractivity contribution in [2.75, 3.05) is 52.6 Å². The maximum Gasteiger partial charge on any atom is 0.410 e. The lowest BCUT2D eigenvalue weighted by Crippen LogP contribution is -2.29. The summed E-state index contributed by atoms with van der Waals surface area (Å²) >= 11 is 0. The molecule has 4 aromatic carbocycles. The zero-order valence-corrected chi connectivity index (χ0v) is 27.2. The number of carbonyl (C=O) groups is 2. The van der Waals surface area contributed by atoms with Crippen LogP contribution in [0.2, 0.25) is 0 Å². The van der Waals surface area contributed by atoms with Gasteiger partial charge >= 0.3 is 12.2 Å². The maximum atomic E-state index is 11.5. The van der Waals surface area contributed by atoms with E-state index < -0.39 is 0 Å². The van der Waals surface area contributed by atoms with Crippen molar-refractivity contribution >= 4 is 34.3 Å². The molecule has 0 bridgehead atoms. The minimum Gasteiger partial charge on any atom is -0.474 e. The highest BCUT2D eigenvalue weighted by Gasteiger charge is 2.23. The van der Waals surface area contributed by atoms with Crippen LogP contribution in [0.1, 0.15) is 0 Å². The molecule has 0 aliphatic carbocycles. The molecule has 50 heavy (non-hydrogen) atoms. The molecule has 8 rings (SSSR count). The molecule has 0 atom stereocenters. The highest BCUT2D eigenvalue weighted by Crippen LogP contribution is 2.30. The number of amides is 2. The first-order valence-corrected chi connectivity index (χ1v) is 16.4. The number of aromatic nitrogens is 4. The Balaban J connectivity index is 0.000000157. The Kier molecular flexibility index (Phi) is 9.86. The van der Waals surface area contributed by atoms with Crippen molar-refractivity contribution in [3.8, 4) is 34.3 Å². The Bertz CT molecular complexity index is 1950. The number of rotatable bonds is 10. The van der Waals surface area contributed by atoms with Crippen LogP contribution in [0, 0.1) is 0 Å². The molecule has 0 unspecified atom stereocenters. The predicted molar refractivity (Wildman–Crippen MR) is 187 cm³/mol. The smallest absolute Gasteiger partial charge is 0.410 e. The highest BCUT2D eigenvalue weighted by molar-refractivity contribution is 5.80. The summed E-state index contributed by atoms with van der Waals surface area (Å²) < 4.78 is 21.6. The van der Waals surface area contributed by atoms with Gasteiger partial charge < -0.3 is 28.7 Å². The van der Waals surface area contributed by atoms with Gasteiger partial charge in [0, 0.05) is 11.1 Å². The van der Waals surface area contributed by atoms with E-state index in [9.17, 15) is 9.59 Å². The number of carbonyl (C=O) groups excluding carboxylic acids is 2. The third kappa shape index (κ3) is 7.54. The third-order valence-electron chi connectivity index (χ3n) is 8.06. The van der Waals surface area contributed by atoms with Gasteiger partial charge in [-0.05, 0) is 24.3 Å². The summed E-state index contributed by atoms with van der Waals surface area (Å²) in [6, 6.07) is 35.0. The van der Waals surface area contributed by atoms with Gasteiger partial charge in [0.15, 0.2) is 0 Å². The molecule has 6 aromatic rings. The fourth-order valence-corrected chi connectivity index (χ4v) is 5.50. The molecule has 2 amide bonds. The number of cyclic esters (lactones) is 2. The first-order chi connectivity index (χ1) is 24.6. The number of para-hydroxylation sites is 4. The number of hydrogen-bond acceptors (Lipinski definition) is 10. The van der Waals surface area contributed by atoms with Crippen LogP contribution in [0.5, 0.6) is 11.8 Å². The van der Waals surface area contributed by atoms with Gasteiger partial charge in [-0.25, -0.2) is 29.5 Å². The minimum absolute atomic E-state index is 0.295. The van der Waals surface area contributed by atoms with E-state index in [0.717, 1.165) is 33.2 Å². The summed E-state index contributed by atoms with van der Waals surface area (Å²) in [5, 5.41) is 0. The summed E-state index contributed by atoms with van der Waals surface area (Å²) in [6.07, 6.45) is -0.590. The van der Waals surface area contributed by atoms with E-state index in [4.69, 9.17) is 28.9 Å². The molecule has 0 saturated carbocycles. The lowest BCUT2D eigenvalue weighted by Gasteiger charge is -2.15. The van der Waals surface area contributed by atoms with E-state index in [-0.39, 0.29) is 12.2 Å². The lowest BCUT2D eigenvalue weighted by atomic mass is 10.1. The fraction of sp³-hybridized carbons (Fsp3) is 0.211. The summed E-state index contributed by atoms with van der Waals surface area (Å²) in [4.78, 5) is 44.9.